The second-order valence-electron chi connectivity index (χ2n) is 7.29. The Kier molecular flexibility index (Phi) is 1.52. The van der Waals surface area contributed by atoms with E-state index in [0.29, 0.717) is 0 Å². The van der Waals surface area contributed by atoms with Gasteiger partial charge in [-0.15, -0.1) is 0 Å². The molecule has 5 aliphatic carbocycles. The third kappa shape index (κ3) is 1.02. The number of allylic oxidation sites excluding steroid dienone is 2. The van der Waals surface area contributed by atoms with Gasteiger partial charge in [-0.3, -0.25) is 0 Å². The van der Waals surface area contributed by atoms with Crippen LogP contribution in [0.15, 0.2) is 11.6 Å². The second kappa shape index (κ2) is 2.76. The first-order valence-electron chi connectivity index (χ1n) is 7.63. The van der Waals surface area contributed by atoms with E-state index < -0.39 is 0 Å². The van der Waals surface area contributed by atoms with E-state index in [1.54, 1.807) is 25.7 Å². The summed E-state index contributed by atoms with van der Waals surface area (Å²) in [4.78, 5) is 0. The number of rotatable bonds is 0. The molecule has 0 aromatic rings. The molecule has 4 fully saturated rings. The second-order valence-corrected chi connectivity index (χ2v) is 7.29. The van der Waals surface area contributed by atoms with E-state index in [1.807, 2.05) is 5.57 Å². The van der Waals surface area contributed by atoms with Crippen LogP contribution in [0.25, 0.3) is 0 Å². The lowest BCUT2D eigenvalue weighted by Crippen LogP contribution is -2.30. The highest BCUT2D eigenvalue weighted by atomic mass is 14.7. The monoisotopic (exact) mass is 214 g/mol. The van der Waals surface area contributed by atoms with E-state index in [-0.39, 0.29) is 0 Å². The van der Waals surface area contributed by atoms with Gasteiger partial charge in [0.1, 0.15) is 0 Å². The smallest absolute Gasteiger partial charge is 0.0166 e. The molecule has 0 bridgehead atoms. The molecule has 0 amide bonds. The van der Waals surface area contributed by atoms with Crippen molar-refractivity contribution >= 4 is 0 Å². The molecule has 0 N–H and O–H groups in total. The molecule has 0 aromatic carbocycles. The van der Waals surface area contributed by atoms with Crippen molar-refractivity contribution in [1.82, 2.24) is 0 Å². The fourth-order valence-electron chi connectivity index (χ4n) is 5.66. The molecule has 16 heavy (non-hydrogen) atoms. The summed E-state index contributed by atoms with van der Waals surface area (Å²) in [5.41, 5.74) is 1.98. The molecule has 4 saturated carbocycles. The van der Waals surface area contributed by atoms with Gasteiger partial charge in [-0.25, -0.2) is 0 Å². The normalized spacial score (nSPS) is 61.0. The van der Waals surface area contributed by atoms with Gasteiger partial charge in [-0.2, -0.15) is 0 Å². The first kappa shape index (κ1) is 8.78. The molecular formula is C16H22. The highest BCUT2D eigenvalue weighted by molar-refractivity contribution is 5.32. The van der Waals surface area contributed by atoms with Gasteiger partial charge in [0, 0.05) is 0 Å². The average Bonchev–Trinajstić information content (AvgIpc) is 3.16. The molecule has 7 unspecified atom stereocenters. The maximum atomic E-state index is 2.80. The third-order valence-corrected chi connectivity index (χ3v) is 6.59. The maximum Gasteiger partial charge on any atom is -0.0166 e. The van der Waals surface area contributed by atoms with Crippen LogP contribution in [0.2, 0.25) is 0 Å². The van der Waals surface area contributed by atoms with Gasteiger partial charge in [-0.05, 0) is 73.5 Å². The fraction of sp³-hybridized carbons (Fsp3) is 0.875. The lowest BCUT2D eigenvalue weighted by Gasteiger charge is -2.40. The van der Waals surface area contributed by atoms with Crippen LogP contribution >= 0.6 is 0 Å². The number of hydrogen-bond acceptors (Lipinski definition) is 0. The Morgan fingerprint density at radius 2 is 1.62 bits per heavy atom. The van der Waals surface area contributed by atoms with Gasteiger partial charge in [0.05, 0.1) is 0 Å². The Morgan fingerprint density at radius 1 is 0.812 bits per heavy atom. The maximum absolute atomic E-state index is 2.80. The Hall–Kier alpha value is -0.260. The number of fused-ring (bicyclic) bond motifs is 7. The molecule has 7 atom stereocenters. The van der Waals surface area contributed by atoms with Crippen molar-refractivity contribution < 1.29 is 0 Å². The van der Waals surface area contributed by atoms with Crippen LogP contribution in [0.5, 0.6) is 0 Å². The predicted octanol–water partition coefficient (Wildman–Crippen LogP) is 4.02. The summed E-state index contributed by atoms with van der Waals surface area (Å²) in [5.74, 6) is 7.82. The Labute approximate surface area is 98.5 Å². The van der Waals surface area contributed by atoms with Gasteiger partial charge < -0.3 is 0 Å². The SMILES string of the molecule is C1=C2C3CC3C3CC3C2CC2CCCCC12. The van der Waals surface area contributed by atoms with Crippen molar-refractivity contribution in [2.24, 2.45) is 41.4 Å². The molecular weight excluding hydrogens is 192 g/mol. The minimum atomic E-state index is 1.01. The summed E-state index contributed by atoms with van der Waals surface area (Å²) in [6.45, 7) is 0. The van der Waals surface area contributed by atoms with Crippen molar-refractivity contribution in [2.75, 3.05) is 0 Å². The van der Waals surface area contributed by atoms with Crippen LogP contribution in [0.4, 0.5) is 0 Å². The molecule has 0 heterocycles. The van der Waals surface area contributed by atoms with Crippen molar-refractivity contribution in [3.63, 3.8) is 0 Å². The lowest BCUT2D eigenvalue weighted by molar-refractivity contribution is 0.198. The van der Waals surface area contributed by atoms with Crippen LogP contribution in [-0.2, 0) is 0 Å². The summed E-state index contributed by atoms with van der Waals surface area (Å²) in [6, 6.07) is 0. The zero-order valence-corrected chi connectivity index (χ0v) is 10.1. The van der Waals surface area contributed by atoms with Gasteiger partial charge in [-0.1, -0.05) is 24.5 Å². The van der Waals surface area contributed by atoms with Crippen LogP contribution < -0.4 is 0 Å². The summed E-state index contributed by atoms with van der Waals surface area (Å²) >= 11 is 0. The van der Waals surface area contributed by atoms with Gasteiger partial charge in [0.25, 0.3) is 0 Å². The minimum Gasteiger partial charge on any atom is -0.0814 e. The Morgan fingerprint density at radius 3 is 2.62 bits per heavy atom. The standard InChI is InChI=1S/C16H22/c1-2-4-10-6-12-11(5-9(10)3-1)13-7-15(13)16-8-14(12)16/h5,9-10,12-16H,1-4,6-8H2. The van der Waals surface area contributed by atoms with Crippen LogP contribution in [0.1, 0.15) is 44.9 Å². The molecule has 0 heteroatoms. The van der Waals surface area contributed by atoms with Crippen LogP contribution in [0.3, 0.4) is 0 Å². The van der Waals surface area contributed by atoms with E-state index in [1.165, 1.54) is 31.1 Å². The van der Waals surface area contributed by atoms with E-state index >= 15 is 0 Å². The van der Waals surface area contributed by atoms with Gasteiger partial charge >= 0.3 is 0 Å². The molecule has 0 aliphatic heterocycles. The minimum absolute atomic E-state index is 1.01. The molecule has 0 aromatic heterocycles. The zero-order chi connectivity index (χ0) is 10.3. The van der Waals surface area contributed by atoms with Crippen molar-refractivity contribution in [3.8, 4) is 0 Å². The van der Waals surface area contributed by atoms with E-state index in [2.05, 4.69) is 6.08 Å². The summed E-state index contributed by atoms with van der Waals surface area (Å²) < 4.78 is 0. The average molecular weight is 214 g/mol. The molecule has 0 radical (unpaired) electrons. The quantitative estimate of drug-likeness (QED) is 0.534. The molecule has 5 aliphatic rings. The molecule has 0 nitrogen and oxygen atoms in total. The summed E-state index contributed by atoms with van der Waals surface area (Å²) in [6.07, 6.45) is 13.7. The van der Waals surface area contributed by atoms with Gasteiger partial charge in [0.2, 0.25) is 0 Å². The summed E-state index contributed by atoms with van der Waals surface area (Å²) in [7, 11) is 0. The Balaban J connectivity index is 1.53. The predicted molar refractivity (Wildman–Crippen MR) is 64.8 cm³/mol. The largest absolute Gasteiger partial charge is 0.0814 e. The number of hydrogen-bond donors (Lipinski definition) is 0. The van der Waals surface area contributed by atoms with Crippen LogP contribution in [-0.4, -0.2) is 0 Å². The third-order valence-electron chi connectivity index (χ3n) is 6.59. The van der Waals surface area contributed by atoms with E-state index in [4.69, 9.17) is 0 Å². The van der Waals surface area contributed by atoms with E-state index in [0.717, 1.165) is 29.6 Å². The highest BCUT2D eigenvalue weighted by Crippen LogP contribution is 2.71. The topological polar surface area (TPSA) is 0 Å². The zero-order valence-electron chi connectivity index (χ0n) is 10.1. The van der Waals surface area contributed by atoms with Crippen molar-refractivity contribution in [2.45, 2.75) is 44.9 Å². The molecule has 5 rings (SSSR count). The first-order chi connectivity index (χ1) is 7.92. The summed E-state index contributed by atoms with van der Waals surface area (Å²) in [5, 5.41) is 0. The van der Waals surface area contributed by atoms with Crippen molar-refractivity contribution in [1.29, 1.82) is 0 Å². The highest BCUT2D eigenvalue weighted by Gasteiger charge is 2.63. The van der Waals surface area contributed by atoms with Crippen LogP contribution in [0, 0.1) is 41.4 Å². The first-order valence-corrected chi connectivity index (χ1v) is 7.63. The Bertz CT molecular complexity index is 366. The van der Waals surface area contributed by atoms with Crippen molar-refractivity contribution in [3.05, 3.63) is 11.6 Å². The molecule has 86 valence electrons. The fourth-order valence-corrected chi connectivity index (χ4v) is 5.66. The molecule has 0 saturated heterocycles. The van der Waals surface area contributed by atoms with Gasteiger partial charge in [0.15, 0.2) is 0 Å². The van der Waals surface area contributed by atoms with E-state index in [9.17, 15) is 0 Å². The molecule has 0 spiro atoms. The lowest BCUT2D eigenvalue weighted by atomic mass is 9.65.